The summed E-state index contributed by atoms with van der Waals surface area (Å²) in [5, 5.41) is 8.57. The van der Waals surface area contributed by atoms with Crippen LogP contribution in [0.5, 0.6) is 0 Å². The third-order valence-electron chi connectivity index (χ3n) is 1.94. The molecule has 8 heteroatoms. The van der Waals surface area contributed by atoms with Crippen LogP contribution >= 0.6 is 11.8 Å². The van der Waals surface area contributed by atoms with Crippen molar-refractivity contribution < 1.29 is 22.3 Å². The van der Waals surface area contributed by atoms with Crippen molar-refractivity contribution in [2.75, 3.05) is 17.1 Å². The molecule has 0 radical (unpaired) electrons. The van der Waals surface area contributed by atoms with Crippen LogP contribution in [0.15, 0.2) is 29.2 Å². The van der Waals surface area contributed by atoms with Crippen LogP contribution in [0, 0.1) is 0 Å². The minimum atomic E-state index is -3.62. The highest BCUT2D eigenvalue weighted by Gasteiger charge is 2.14. The van der Waals surface area contributed by atoms with Gasteiger partial charge in [-0.1, -0.05) is 23.9 Å². The largest absolute Gasteiger partial charge is 0.396 e. The fourth-order valence-corrected chi connectivity index (χ4v) is 3.01. The van der Waals surface area contributed by atoms with Crippen molar-refractivity contribution in [2.24, 2.45) is 0 Å². The van der Waals surface area contributed by atoms with E-state index in [0.717, 1.165) is 0 Å². The van der Waals surface area contributed by atoms with Crippen LogP contribution in [-0.4, -0.2) is 31.6 Å². The van der Waals surface area contributed by atoms with Crippen molar-refractivity contribution in [3.05, 3.63) is 24.3 Å². The predicted octanol–water partition coefficient (Wildman–Crippen LogP) is 2.13. The Labute approximate surface area is 108 Å². The maximum absolute atomic E-state index is 12.3. The first-order valence-electron chi connectivity index (χ1n) is 5.10. The van der Waals surface area contributed by atoms with Crippen molar-refractivity contribution in [3.8, 4) is 0 Å². The number of anilines is 1. The van der Waals surface area contributed by atoms with Gasteiger partial charge in [-0.05, 0) is 18.6 Å². The minimum Gasteiger partial charge on any atom is -0.396 e. The van der Waals surface area contributed by atoms with Gasteiger partial charge < -0.3 is 5.11 Å². The van der Waals surface area contributed by atoms with E-state index in [9.17, 15) is 17.2 Å². The molecule has 0 atom stereocenters. The van der Waals surface area contributed by atoms with Crippen molar-refractivity contribution in [2.45, 2.75) is 17.1 Å². The summed E-state index contributed by atoms with van der Waals surface area (Å²) in [5.74, 6) is -2.87. The number of thioether (sulfide) groups is 1. The number of halogens is 2. The van der Waals surface area contributed by atoms with E-state index in [0.29, 0.717) is 0 Å². The molecule has 1 aromatic carbocycles. The zero-order chi connectivity index (χ0) is 13.6. The first kappa shape index (κ1) is 15.2. The van der Waals surface area contributed by atoms with Crippen LogP contribution in [0.3, 0.4) is 0 Å². The number of hydrogen-bond donors (Lipinski definition) is 2. The Balaban J connectivity index is 2.83. The second-order valence-electron chi connectivity index (χ2n) is 3.37. The lowest BCUT2D eigenvalue weighted by Crippen LogP contribution is -2.18. The molecule has 0 aliphatic heterocycles. The highest BCUT2D eigenvalue weighted by molar-refractivity contribution is 7.99. The standard InChI is InChI=1S/C10H13F2NO3S2/c11-10(12)17-9-5-2-1-4-8(9)13-18(15,16)7-3-6-14/h1-2,4-5,10,13-14H,3,6-7H2. The molecule has 0 saturated carbocycles. The number of hydrogen-bond acceptors (Lipinski definition) is 4. The molecule has 0 aliphatic carbocycles. The molecule has 2 N–H and O–H groups in total. The second kappa shape index (κ2) is 6.91. The Hall–Kier alpha value is -0.860. The Morgan fingerprint density at radius 3 is 2.61 bits per heavy atom. The molecule has 0 spiro atoms. The molecule has 0 aromatic heterocycles. The predicted molar refractivity (Wildman–Crippen MR) is 67.4 cm³/mol. The molecule has 0 amide bonds. The van der Waals surface area contributed by atoms with Crippen molar-refractivity contribution in [1.29, 1.82) is 0 Å². The van der Waals surface area contributed by atoms with E-state index < -0.39 is 15.8 Å². The minimum absolute atomic E-state index is 0.0967. The van der Waals surface area contributed by atoms with Gasteiger partial charge in [0.2, 0.25) is 10.0 Å². The highest BCUT2D eigenvalue weighted by Crippen LogP contribution is 2.32. The number of rotatable bonds is 7. The lowest BCUT2D eigenvalue weighted by molar-refractivity contribution is 0.252. The Morgan fingerprint density at radius 1 is 1.33 bits per heavy atom. The third kappa shape index (κ3) is 5.19. The number of para-hydroxylation sites is 1. The average Bonchev–Trinajstić information content (AvgIpc) is 2.28. The summed E-state index contributed by atoms with van der Waals surface area (Å²) in [6.45, 7) is -0.242. The topological polar surface area (TPSA) is 66.4 Å². The second-order valence-corrected chi connectivity index (χ2v) is 6.25. The average molecular weight is 297 g/mol. The molecular weight excluding hydrogens is 284 g/mol. The summed E-state index contributed by atoms with van der Waals surface area (Å²) in [7, 11) is -3.62. The molecule has 4 nitrogen and oxygen atoms in total. The smallest absolute Gasteiger partial charge is 0.288 e. The molecule has 0 fully saturated rings. The zero-order valence-corrected chi connectivity index (χ0v) is 11.0. The normalized spacial score (nSPS) is 11.8. The fourth-order valence-electron chi connectivity index (χ4n) is 1.22. The van der Waals surface area contributed by atoms with Crippen LogP contribution in [0.4, 0.5) is 14.5 Å². The van der Waals surface area contributed by atoms with Crippen LogP contribution in [-0.2, 0) is 10.0 Å². The van der Waals surface area contributed by atoms with E-state index in [2.05, 4.69) is 4.72 Å². The van der Waals surface area contributed by atoms with Gasteiger partial charge in [-0.2, -0.15) is 8.78 Å². The van der Waals surface area contributed by atoms with E-state index in [-0.39, 0.29) is 41.1 Å². The lowest BCUT2D eigenvalue weighted by atomic mass is 10.3. The molecule has 0 aliphatic rings. The molecule has 0 unspecified atom stereocenters. The molecule has 102 valence electrons. The fraction of sp³-hybridized carbons (Fsp3) is 0.400. The van der Waals surface area contributed by atoms with Crippen LogP contribution in [0.2, 0.25) is 0 Å². The van der Waals surface area contributed by atoms with Gasteiger partial charge >= 0.3 is 0 Å². The molecule has 0 saturated heterocycles. The van der Waals surface area contributed by atoms with Crippen molar-refractivity contribution in [3.63, 3.8) is 0 Å². The summed E-state index contributed by atoms with van der Waals surface area (Å²) < 4.78 is 50.0. The van der Waals surface area contributed by atoms with Crippen molar-refractivity contribution >= 4 is 27.5 Å². The molecule has 18 heavy (non-hydrogen) atoms. The number of aliphatic hydroxyl groups excluding tert-OH is 1. The molecule has 0 bridgehead atoms. The quantitative estimate of drug-likeness (QED) is 0.757. The lowest BCUT2D eigenvalue weighted by Gasteiger charge is -2.11. The zero-order valence-electron chi connectivity index (χ0n) is 9.34. The Bertz CT molecular complexity index is 480. The van der Waals surface area contributed by atoms with Crippen LogP contribution in [0.25, 0.3) is 0 Å². The van der Waals surface area contributed by atoms with Crippen LogP contribution < -0.4 is 4.72 Å². The Morgan fingerprint density at radius 2 is 2.00 bits per heavy atom. The maximum Gasteiger partial charge on any atom is 0.288 e. The summed E-state index contributed by atoms with van der Waals surface area (Å²) in [4.78, 5) is 0.167. The highest BCUT2D eigenvalue weighted by atomic mass is 32.2. The first-order chi connectivity index (χ1) is 8.44. The van der Waals surface area contributed by atoms with Crippen molar-refractivity contribution in [1.82, 2.24) is 0 Å². The Kier molecular flexibility index (Phi) is 5.83. The number of alkyl halides is 2. The molecule has 0 heterocycles. The SMILES string of the molecule is O=S(=O)(CCCO)Nc1ccccc1SC(F)F. The summed E-state index contributed by atoms with van der Waals surface area (Å²) in [6, 6.07) is 5.94. The number of benzene rings is 1. The molecular formula is C10H13F2NO3S2. The molecule has 1 aromatic rings. The summed E-state index contributed by atoms with van der Waals surface area (Å²) in [5.41, 5.74) is 0.126. The van der Waals surface area contributed by atoms with Gasteiger partial charge in [-0.15, -0.1) is 0 Å². The monoisotopic (exact) mass is 297 g/mol. The summed E-state index contributed by atoms with van der Waals surface area (Å²) >= 11 is 0.280. The van der Waals surface area contributed by atoms with Gasteiger partial charge in [0.1, 0.15) is 0 Å². The third-order valence-corrected chi connectivity index (χ3v) is 4.08. The molecule has 1 rings (SSSR count). The van der Waals surface area contributed by atoms with Gasteiger partial charge in [0.25, 0.3) is 5.76 Å². The van der Waals surface area contributed by atoms with E-state index in [1.807, 2.05) is 0 Å². The van der Waals surface area contributed by atoms with Gasteiger partial charge in [-0.25, -0.2) is 8.42 Å². The van der Waals surface area contributed by atoms with Crippen LogP contribution in [0.1, 0.15) is 6.42 Å². The van der Waals surface area contributed by atoms with E-state index in [1.54, 1.807) is 12.1 Å². The number of aliphatic hydroxyl groups is 1. The van der Waals surface area contributed by atoms with Gasteiger partial charge in [0.05, 0.1) is 11.4 Å². The summed E-state index contributed by atoms with van der Waals surface area (Å²) in [6.07, 6.45) is 0.0967. The van der Waals surface area contributed by atoms with E-state index in [1.165, 1.54) is 12.1 Å². The first-order valence-corrected chi connectivity index (χ1v) is 7.63. The van der Waals surface area contributed by atoms with Gasteiger partial charge in [0.15, 0.2) is 0 Å². The van der Waals surface area contributed by atoms with E-state index >= 15 is 0 Å². The maximum atomic E-state index is 12.3. The van der Waals surface area contributed by atoms with Gasteiger partial charge in [0, 0.05) is 11.5 Å². The van der Waals surface area contributed by atoms with Gasteiger partial charge in [-0.3, -0.25) is 4.72 Å². The number of sulfonamides is 1. The number of nitrogens with one attached hydrogen (secondary N) is 1. The van der Waals surface area contributed by atoms with E-state index in [4.69, 9.17) is 5.11 Å².